The zero-order chi connectivity index (χ0) is 10.1. The fourth-order valence-corrected chi connectivity index (χ4v) is 1.92. The van der Waals surface area contributed by atoms with Crippen LogP contribution in [0, 0.1) is 0 Å². The average Bonchev–Trinajstić information content (AvgIpc) is 1.79. The Morgan fingerprint density at radius 3 is 2.62 bits per heavy atom. The number of phosphoric acid groups is 1. The first kappa shape index (κ1) is 11.0. The fraction of sp³-hybridized carbons (Fsp3) is 1.00. The van der Waals surface area contributed by atoms with E-state index in [2.05, 4.69) is 9.05 Å². The molecule has 8 heteroatoms. The number of halogens is 3. The molecular formula is C5H8F3O4P. The lowest BCUT2D eigenvalue weighted by atomic mass is 10.2. The van der Waals surface area contributed by atoms with Gasteiger partial charge in [-0.3, -0.25) is 9.05 Å². The van der Waals surface area contributed by atoms with Gasteiger partial charge in [0.1, 0.15) is 0 Å². The number of rotatable bonds is 1. The van der Waals surface area contributed by atoms with E-state index < -0.39 is 26.5 Å². The van der Waals surface area contributed by atoms with Gasteiger partial charge in [0.05, 0.1) is 19.1 Å². The minimum atomic E-state index is -4.39. The van der Waals surface area contributed by atoms with Gasteiger partial charge in [-0.1, -0.05) is 0 Å². The average molecular weight is 220 g/mol. The van der Waals surface area contributed by atoms with E-state index in [1.54, 1.807) is 0 Å². The highest BCUT2D eigenvalue weighted by Crippen LogP contribution is 2.49. The summed E-state index contributed by atoms with van der Waals surface area (Å²) in [6.45, 7) is -0.186. The summed E-state index contributed by atoms with van der Waals surface area (Å²) in [5, 5.41) is 0. The maximum Gasteiger partial charge on any atom is 0.472 e. The van der Waals surface area contributed by atoms with Gasteiger partial charge in [0.2, 0.25) is 0 Å². The molecule has 0 aromatic heterocycles. The molecule has 0 aliphatic carbocycles. The molecule has 78 valence electrons. The maximum absolute atomic E-state index is 11.8. The standard InChI is InChI=1S/C5H8F3O4P/c6-5(7,8)3-4-1-2-11-13(9,10)12-4/h4H,1-3H2,(H,9,10). The van der Waals surface area contributed by atoms with Crippen LogP contribution in [0.1, 0.15) is 12.8 Å². The Kier molecular flexibility index (Phi) is 3.01. The minimum absolute atomic E-state index is 0.0238. The summed E-state index contributed by atoms with van der Waals surface area (Å²) < 4.78 is 54.5. The first-order chi connectivity index (χ1) is 5.79. The molecular weight excluding hydrogens is 212 g/mol. The van der Waals surface area contributed by atoms with Gasteiger partial charge in [0, 0.05) is 0 Å². The fourth-order valence-electron chi connectivity index (χ4n) is 0.969. The SMILES string of the molecule is O=P1(O)OCCC(CC(F)(F)F)O1. The monoisotopic (exact) mass is 220 g/mol. The highest BCUT2D eigenvalue weighted by molar-refractivity contribution is 7.47. The van der Waals surface area contributed by atoms with Crippen LogP contribution in [0.3, 0.4) is 0 Å². The molecule has 0 radical (unpaired) electrons. The van der Waals surface area contributed by atoms with Gasteiger partial charge in [-0.15, -0.1) is 0 Å². The number of hydrogen-bond acceptors (Lipinski definition) is 3. The van der Waals surface area contributed by atoms with E-state index in [9.17, 15) is 17.7 Å². The van der Waals surface area contributed by atoms with Crippen LogP contribution in [0.25, 0.3) is 0 Å². The second-order valence-electron chi connectivity index (χ2n) is 2.64. The Morgan fingerprint density at radius 1 is 1.54 bits per heavy atom. The van der Waals surface area contributed by atoms with Crippen molar-refractivity contribution in [3.63, 3.8) is 0 Å². The lowest BCUT2D eigenvalue weighted by molar-refractivity contribution is -0.156. The highest BCUT2D eigenvalue weighted by atomic mass is 31.2. The van der Waals surface area contributed by atoms with Crippen molar-refractivity contribution < 1.29 is 31.7 Å². The van der Waals surface area contributed by atoms with Gasteiger partial charge in [0.25, 0.3) is 0 Å². The predicted molar refractivity (Wildman–Crippen MR) is 35.9 cm³/mol. The molecule has 1 fully saturated rings. The molecule has 1 aliphatic rings. The van der Waals surface area contributed by atoms with Crippen molar-refractivity contribution in [3.05, 3.63) is 0 Å². The number of hydrogen-bond donors (Lipinski definition) is 1. The van der Waals surface area contributed by atoms with Gasteiger partial charge in [0.15, 0.2) is 0 Å². The van der Waals surface area contributed by atoms with Gasteiger partial charge >= 0.3 is 14.0 Å². The lowest BCUT2D eigenvalue weighted by Gasteiger charge is -2.26. The molecule has 1 saturated heterocycles. The Balaban J connectivity index is 2.49. The Morgan fingerprint density at radius 2 is 2.15 bits per heavy atom. The summed E-state index contributed by atoms with van der Waals surface area (Å²) in [5.74, 6) is 0. The van der Waals surface area contributed by atoms with Crippen LogP contribution < -0.4 is 0 Å². The van der Waals surface area contributed by atoms with E-state index in [-0.39, 0.29) is 13.0 Å². The van der Waals surface area contributed by atoms with Crippen molar-refractivity contribution in [1.29, 1.82) is 0 Å². The second-order valence-corrected chi connectivity index (χ2v) is 4.04. The molecule has 1 aliphatic heterocycles. The molecule has 0 spiro atoms. The number of phosphoric ester groups is 1. The van der Waals surface area contributed by atoms with Crippen LogP contribution in [-0.4, -0.2) is 23.8 Å². The molecule has 0 saturated carbocycles. The predicted octanol–water partition coefficient (Wildman–Crippen LogP) is 1.84. The van der Waals surface area contributed by atoms with Gasteiger partial charge in [-0.2, -0.15) is 13.2 Å². The van der Waals surface area contributed by atoms with Crippen LogP contribution in [-0.2, 0) is 13.6 Å². The van der Waals surface area contributed by atoms with Crippen LogP contribution in [0.2, 0.25) is 0 Å². The van der Waals surface area contributed by atoms with Crippen LogP contribution in [0.5, 0.6) is 0 Å². The third-order valence-electron chi connectivity index (χ3n) is 1.44. The summed E-state index contributed by atoms with van der Waals surface area (Å²) in [5.41, 5.74) is 0. The molecule has 4 nitrogen and oxygen atoms in total. The van der Waals surface area contributed by atoms with E-state index in [1.165, 1.54) is 0 Å². The van der Waals surface area contributed by atoms with E-state index >= 15 is 0 Å². The molecule has 0 aromatic carbocycles. The zero-order valence-electron chi connectivity index (χ0n) is 6.45. The van der Waals surface area contributed by atoms with Gasteiger partial charge < -0.3 is 4.89 Å². The lowest BCUT2D eigenvalue weighted by Crippen LogP contribution is -2.26. The van der Waals surface area contributed by atoms with Crippen molar-refractivity contribution in [3.8, 4) is 0 Å². The summed E-state index contributed by atoms with van der Waals surface area (Å²) in [7, 11) is -4.23. The first-order valence-corrected chi connectivity index (χ1v) is 5.00. The molecule has 1 N–H and O–H groups in total. The zero-order valence-corrected chi connectivity index (χ0v) is 7.35. The summed E-state index contributed by atoms with van der Waals surface area (Å²) in [6, 6.07) is 0. The molecule has 0 bridgehead atoms. The van der Waals surface area contributed by atoms with Crippen molar-refractivity contribution in [2.75, 3.05) is 6.61 Å². The van der Waals surface area contributed by atoms with Crippen LogP contribution in [0.15, 0.2) is 0 Å². The van der Waals surface area contributed by atoms with Gasteiger partial charge in [-0.05, 0) is 6.42 Å². The normalized spacial score (nSPS) is 36.2. The molecule has 2 atom stereocenters. The Labute approximate surface area is 72.3 Å². The largest absolute Gasteiger partial charge is 0.472 e. The minimum Gasteiger partial charge on any atom is -0.302 e. The molecule has 0 aromatic rings. The quantitative estimate of drug-likeness (QED) is 0.685. The third-order valence-corrected chi connectivity index (χ3v) is 2.51. The smallest absolute Gasteiger partial charge is 0.302 e. The highest BCUT2D eigenvalue weighted by Gasteiger charge is 2.39. The second kappa shape index (κ2) is 3.57. The molecule has 13 heavy (non-hydrogen) atoms. The van der Waals surface area contributed by atoms with E-state index in [1.807, 2.05) is 0 Å². The van der Waals surface area contributed by atoms with E-state index in [0.29, 0.717) is 0 Å². The topological polar surface area (TPSA) is 55.8 Å². The summed E-state index contributed by atoms with van der Waals surface area (Å²) >= 11 is 0. The third kappa shape index (κ3) is 4.08. The summed E-state index contributed by atoms with van der Waals surface area (Å²) in [6.07, 6.45) is -6.91. The van der Waals surface area contributed by atoms with Crippen molar-refractivity contribution in [2.24, 2.45) is 0 Å². The molecule has 1 rings (SSSR count). The van der Waals surface area contributed by atoms with Crippen molar-refractivity contribution >= 4 is 7.82 Å². The maximum atomic E-state index is 11.8. The van der Waals surface area contributed by atoms with Crippen LogP contribution in [0.4, 0.5) is 13.2 Å². The van der Waals surface area contributed by atoms with E-state index in [4.69, 9.17) is 4.89 Å². The van der Waals surface area contributed by atoms with Crippen molar-refractivity contribution in [2.45, 2.75) is 25.1 Å². The van der Waals surface area contributed by atoms with Gasteiger partial charge in [-0.25, -0.2) is 4.57 Å². The summed E-state index contributed by atoms with van der Waals surface area (Å²) in [4.78, 5) is 8.69. The Hall–Kier alpha value is -0.100. The Bertz CT molecular complexity index is 228. The van der Waals surface area contributed by atoms with Crippen molar-refractivity contribution in [1.82, 2.24) is 0 Å². The first-order valence-electron chi connectivity index (χ1n) is 3.51. The molecule has 1 heterocycles. The number of alkyl halides is 3. The molecule has 0 amide bonds. The molecule has 2 unspecified atom stereocenters. The van der Waals surface area contributed by atoms with Crippen LogP contribution >= 0.6 is 7.82 Å². The van der Waals surface area contributed by atoms with E-state index in [0.717, 1.165) is 0 Å².